The van der Waals surface area contributed by atoms with Crippen molar-refractivity contribution in [2.75, 3.05) is 7.05 Å². The van der Waals surface area contributed by atoms with Crippen LogP contribution in [-0.4, -0.2) is 28.2 Å². The number of rotatable bonds is 3. The molecule has 0 bridgehead atoms. The second-order valence-electron chi connectivity index (χ2n) is 4.15. The Morgan fingerprint density at radius 3 is 1.93 bits per heavy atom. The van der Waals surface area contributed by atoms with E-state index < -0.39 is 0 Å². The molecule has 3 nitrogen and oxygen atoms in total. The summed E-state index contributed by atoms with van der Waals surface area (Å²) >= 11 is 0. The SMILES string of the molecule is CC(C)N(C)C(C)c1c(O)cccc1O. The van der Waals surface area contributed by atoms with Crippen molar-refractivity contribution in [3.05, 3.63) is 23.8 Å². The van der Waals surface area contributed by atoms with Gasteiger partial charge < -0.3 is 10.2 Å². The molecule has 0 radical (unpaired) electrons. The molecular formula is C12H19NO2. The summed E-state index contributed by atoms with van der Waals surface area (Å²) in [5, 5.41) is 19.4. The highest BCUT2D eigenvalue weighted by Crippen LogP contribution is 2.35. The lowest BCUT2D eigenvalue weighted by molar-refractivity contribution is 0.203. The molecule has 0 aliphatic heterocycles. The number of hydrogen-bond donors (Lipinski definition) is 2. The Morgan fingerprint density at radius 1 is 1.07 bits per heavy atom. The minimum absolute atomic E-state index is 0.00815. The molecule has 1 rings (SSSR count). The number of aromatic hydroxyl groups is 2. The van der Waals surface area contributed by atoms with Crippen LogP contribution in [0.1, 0.15) is 32.4 Å². The molecule has 0 aromatic heterocycles. The lowest BCUT2D eigenvalue weighted by Crippen LogP contribution is -2.29. The lowest BCUT2D eigenvalue weighted by atomic mass is 10.0. The quantitative estimate of drug-likeness (QED) is 0.803. The smallest absolute Gasteiger partial charge is 0.124 e. The van der Waals surface area contributed by atoms with Gasteiger partial charge in [-0.2, -0.15) is 0 Å². The van der Waals surface area contributed by atoms with Gasteiger partial charge in [-0.15, -0.1) is 0 Å². The highest BCUT2D eigenvalue weighted by Gasteiger charge is 2.20. The van der Waals surface area contributed by atoms with E-state index in [1.165, 1.54) is 0 Å². The minimum atomic E-state index is -0.00815. The van der Waals surface area contributed by atoms with Crippen molar-refractivity contribution in [2.45, 2.75) is 32.9 Å². The van der Waals surface area contributed by atoms with Gasteiger partial charge in [0.25, 0.3) is 0 Å². The van der Waals surface area contributed by atoms with Crippen LogP contribution in [0.25, 0.3) is 0 Å². The second kappa shape index (κ2) is 4.53. The molecule has 0 saturated carbocycles. The number of hydrogen-bond acceptors (Lipinski definition) is 3. The number of benzene rings is 1. The Kier molecular flexibility index (Phi) is 3.58. The van der Waals surface area contributed by atoms with Crippen LogP contribution in [0.3, 0.4) is 0 Å². The standard InChI is InChI=1S/C12H19NO2/c1-8(2)13(4)9(3)12-10(14)6-5-7-11(12)15/h5-9,14-15H,1-4H3. The third kappa shape index (κ3) is 2.42. The molecule has 0 heterocycles. The molecule has 0 spiro atoms. The molecule has 1 unspecified atom stereocenters. The van der Waals surface area contributed by atoms with E-state index in [1.807, 2.05) is 14.0 Å². The molecule has 84 valence electrons. The van der Waals surface area contributed by atoms with Crippen molar-refractivity contribution in [3.63, 3.8) is 0 Å². The summed E-state index contributed by atoms with van der Waals surface area (Å²) in [6.07, 6.45) is 0. The third-order valence-corrected chi connectivity index (χ3v) is 2.90. The van der Waals surface area contributed by atoms with Gasteiger partial charge in [0.05, 0.1) is 5.56 Å². The molecule has 1 aromatic carbocycles. The van der Waals surface area contributed by atoms with Gasteiger partial charge in [0.1, 0.15) is 11.5 Å². The summed E-state index contributed by atoms with van der Waals surface area (Å²) in [6.45, 7) is 6.12. The molecule has 15 heavy (non-hydrogen) atoms. The zero-order valence-corrected chi connectivity index (χ0v) is 9.73. The van der Waals surface area contributed by atoms with E-state index in [2.05, 4.69) is 18.7 Å². The Bertz CT molecular complexity index is 316. The first-order valence-corrected chi connectivity index (χ1v) is 5.18. The van der Waals surface area contributed by atoms with E-state index >= 15 is 0 Å². The van der Waals surface area contributed by atoms with Crippen LogP contribution in [0.5, 0.6) is 11.5 Å². The van der Waals surface area contributed by atoms with E-state index in [4.69, 9.17) is 0 Å². The van der Waals surface area contributed by atoms with Crippen LogP contribution in [0, 0.1) is 0 Å². The zero-order chi connectivity index (χ0) is 11.6. The van der Waals surface area contributed by atoms with Gasteiger partial charge in [0.2, 0.25) is 0 Å². The van der Waals surface area contributed by atoms with E-state index in [9.17, 15) is 10.2 Å². The Labute approximate surface area is 91.0 Å². The first kappa shape index (κ1) is 11.9. The van der Waals surface area contributed by atoms with E-state index in [-0.39, 0.29) is 17.5 Å². The van der Waals surface area contributed by atoms with Crippen molar-refractivity contribution in [1.82, 2.24) is 4.90 Å². The Balaban J connectivity index is 3.05. The molecular weight excluding hydrogens is 190 g/mol. The highest BCUT2D eigenvalue weighted by molar-refractivity contribution is 5.44. The number of nitrogens with zero attached hydrogens (tertiary/aromatic N) is 1. The molecule has 0 amide bonds. The Morgan fingerprint density at radius 2 is 1.53 bits per heavy atom. The monoisotopic (exact) mass is 209 g/mol. The first-order chi connectivity index (χ1) is 6.95. The Hall–Kier alpha value is -1.22. The maximum absolute atomic E-state index is 9.71. The molecule has 3 heteroatoms. The summed E-state index contributed by atoms with van der Waals surface area (Å²) < 4.78 is 0. The molecule has 1 aromatic rings. The minimum Gasteiger partial charge on any atom is -0.507 e. The topological polar surface area (TPSA) is 43.7 Å². The van der Waals surface area contributed by atoms with Crippen LogP contribution in [-0.2, 0) is 0 Å². The molecule has 0 fully saturated rings. The van der Waals surface area contributed by atoms with Crippen molar-refractivity contribution < 1.29 is 10.2 Å². The lowest BCUT2D eigenvalue weighted by Gasteiger charge is -2.29. The summed E-state index contributed by atoms with van der Waals surface area (Å²) in [5.74, 6) is 0.296. The van der Waals surface area contributed by atoms with Crippen molar-refractivity contribution >= 4 is 0 Å². The molecule has 0 aliphatic carbocycles. The molecule has 0 aliphatic rings. The van der Waals surface area contributed by atoms with Crippen LogP contribution in [0.4, 0.5) is 0 Å². The van der Waals surface area contributed by atoms with Gasteiger partial charge in [-0.3, -0.25) is 4.90 Å². The normalized spacial score (nSPS) is 13.5. The summed E-state index contributed by atoms with van der Waals surface area (Å²) in [7, 11) is 1.97. The summed E-state index contributed by atoms with van der Waals surface area (Å²) in [6, 6.07) is 5.18. The van der Waals surface area contributed by atoms with Gasteiger partial charge in [-0.1, -0.05) is 6.07 Å². The largest absolute Gasteiger partial charge is 0.507 e. The predicted molar refractivity (Wildman–Crippen MR) is 61.1 cm³/mol. The summed E-state index contributed by atoms with van der Waals surface area (Å²) in [4.78, 5) is 2.09. The summed E-state index contributed by atoms with van der Waals surface area (Å²) in [5.41, 5.74) is 0.591. The van der Waals surface area contributed by atoms with Crippen LogP contribution >= 0.6 is 0 Å². The fraction of sp³-hybridized carbons (Fsp3) is 0.500. The predicted octanol–water partition coefficient (Wildman–Crippen LogP) is 2.50. The van der Waals surface area contributed by atoms with Crippen LogP contribution in [0.15, 0.2) is 18.2 Å². The third-order valence-electron chi connectivity index (χ3n) is 2.90. The van der Waals surface area contributed by atoms with Gasteiger partial charge in [0, 0.05) is 12.1 Å². The van der Waals surface area contributed by atoms with Gasteiger partial charge in [-0.25, -0.2) is 0 Å². The molecule has 1 atom stereocenters. The number of phenolic OH excluding ortho intramolecular Hbond substituents is 2. The van der Waals surface area contributed by atoms with Crippen molar-refractivity contribution in [1.29, 1.82) is 0 Å². The maximum Gasteiger partial charge on any atom is 0.124 e. The van der Waals surface area contributed by atoms with Gasteiger partial charge in [-0.05, 0) is 40.0 Å². The van der Waals surface area contributed by atoms with E-state index in [1.54, 1.807) is 18.2 Å². The fourth-order valence-electron chi connectivity index (χ4n) is 1.62. The first-order valence-electron chi connectivity index (χ1n) is 5.18. The molecule has 2 N–H and O–H groups in total. The van der Waals surface area contributed by atoms with Gasteiger partial charge in [0.15, 0.2) is 0 Å². The highest BCUT2D eigenvalue weighted by atomic mass is 16.3. The fourth-order valence-corrected chi connectivity index (χ4v) is 1.62. The number of phenols is 2. The van der Waals surface area contributed by atoms with Crippen molar-refractivity contribution in [2.24, 2.45) is 0 Å². The average molecular weight is 209 g/mol. The molecule has 0 saturated heterocycles. The van der Waals surface area contributed by atoms with Crippen LogP contribution < -0.4 is 0 Å². The average Bonchev–Trinajstić information content (AvgIpc) is 2.15. The maximum atomic E-state index is 9.71. The van der Waals surface area contributed by atoms with Crippen LogP contribution in [0.2, 0.25) is 0 Å². The zero-order valence-electron chi connectivity index (χ0n) is 9.73. The van der Waals surface area contributed by atoms with E-state index in [0.717, 1.165) is 0 Å². The van der Waals surface area contributed by atoms with Crippen molar-refractivity contribution in [3.8, 4) is 11.5 Å². The van der Waals surface area contributed by atoms with Gasteiger partial charge >= 0.3 is 0 Å². The van der Waals surface area contributed by atoms with E-state index in [0.29, 0.717) is 11.6 Å². The second-order valence-corrected chi connectivity index (χ2v) is 4.15.